The van der Waals surface area contributed by atoms with Crippen LogP contribution in [0.25, 0.3) is 0 Å². The highest BCUT2D eigenvalue weighted by atomic mass is 32.2. The van der Waals surface area contributed by atoms with E-state index in [-0.39, 0.29) is 18.0 Å². The Morgan fingerprint density at radius 1 is 0.915 bits per heavy atom. The molecule has 0 radical (unpaired) electrons. The summed E-state index contributed by atoms with van der Waals surface area (Å²) in [5.41, 5.74) is 0.123. The highest BCUT2D eigenvalue weighted by molar-refractivity contribution is 7.91. The summed E-state index contributed by atoms with van der Waals surface area (Å²) in [6.07, 6.45) is 15.9. The molecule has 47 heavy (non-hydrogen) atoms. The van der Waals surface area contributed by atoms with Crippen molar-refractivity contribution in [3.63, 3.8) is 0 Å². The lowest BCUT2D eigenvalue weighted by Crippen LogP contribution is -2.62. The first-order valence-corrected chi connectivity index (χ1v) is 21.2. The van der Waals surface area contributed by atoms with Crippen LogP contribution in [0.2, 0.25) is 0 Å². The first kappa shape index (κ1) is 34.6. The highest BCUT2D eigenvalue weighted by Crippen LogP contribution is 2.66. The van der Waals surface area contributed by atoms with Crippen LogP contribution in [0.1, 0.15) is 118 Å². The Balaban J connectivity index is 0.980. The third-order valence-electron chi connectivity index (χ3n) is 16.4. The third kappa shape index (κ3) is 5.83. The Morgan fingerprint density at radius 2 is 1.62 bits per heavy atom. The first-order valence-electron chi connectivity index (χ1n) is 19.7. The van der Waals surface area contributed by atoms with Crippen molar-refractivity contribution in [2.75, 3.05) is 31.1 Å². The number of carboxylic acids is 1. The minimum absolute atomic E-state index is 0.0352. The van der Waals surface area contributed by atoms with Crippen molar-refractivity contribution in [2.45, 2.75) is 136 Å². The van der Waals surface area contributed by atoms with Gasteiger partial charge in [0.05, 0.1) is 11.8 Å². The van der Waals surface area contributed by atoms with Crippen LogP contribution in [0, 0.1) is 64.1 Å². The zero-order chi connectivity index (χ0) is 33.3. The van der Waals surface area contributed by atoms with Crippen LogP contribution < -0.4 is 5.32 Å². The molecule has 0 aromatic rings. The third-order valence-corrected chi connectivity index (χ3v) is 17.7. The quantitative estimate of drug-likeness (QED) is 0.224. The van der Waals surface area contributed by atoms with Crippen LogP contribution in [0.15, 0.2) is 0 Å². The van der Waals surface area contributed by atoms with E-state index in [4.69, 9.17) is 4.74 Å². The van der Waals surface area contributed by atoms with Crippen LogP contribution >= 0.6 is 0 Å². The van der Waals surface area contributed by atoms with Crippen molar-refractivity contribution in [1.82, 2.24) is 10.2 Å². The number of aliphatic carboxylic acids is 1. The Hall–Kier alpha value is -0.830. The molecule has 0 aromatic heterocycles. The Labute approximate surface area is 287 Å². The van der Waals surface area contributed by atoms with Crippen molar-refractivity contribution in [3.8, 4) is 0 Å². The summed E-state index contributed by atoms with van der Waals surface area (Å²) in [4.78, 5) is 27.6. The van der Waals surface area contributed by atoms with E-state index in [2.05, 4.69) is 31.0 Å². The Kier molecular flexibility index (Phi) is 9.61. The maximum atomic E-state index is 13.3. The van der Waals surface area contributed by atoms with Gasteiger partial charge in [-0.25, -0.2) is 0 Å². The van der Waals surface area contributed by atoms with Crippen LogP contribution in [0.4, 0.5) is 0 Å². The average molecular weight is 673 g/mol. The minimum Gasteiger partial charge on any atom is -0.616 e. The number of rotatable bonds is 8. The first-order chi connectivity index (χ1) is 22.4. The number of ether oxygens (including phenoxy) is 1. The molecule has 7 nitrogen and oxygen atoms in total. The molecule has 0 aromatic carbocycles. The van der Waals surface area contributed by atoms with Gasteiger partial charge in [0.2, 0.25) is 0 Å². The largest absolute Gasteiger partial charge is 0.616 e. The topological polar surface area (TPSA) is 102 Å². The molecule has 1 saturated heterocycles. The highest BCUT2D eigenvalue weighted by Gasteiger charge is 2.62. The molecule has 2 N–H and O–H groups in total. The van der Waals surface area contributed by atoms with E-state index in [9.17, 15) is 19.2 Å². The van der Waals surface area contributed by atoms with Gasteiger partial charge in [-0.3, -0.25) is 14.5 Å². The zero-order valence-electron chi connectivity index (χ0n) is 30.0. The predicted molar refractivity (Wildman–Crippen MR) is 186 cm³/mol. The van der Waals surface area contributed by atoms with Crippen LogP contribution in [-0.4, -0.2) is 75.3 Å². The van der Waals surface area contributed by atoms with E-state index in [0.29, 0.717) is 35.3 Å². The van der Waals surface area contributed by atoms with Crippen molar-refractivity contribution in [3.05, 3.63) is 0 Å². The van der Waals surface area contributed by atoms with Crippen LogP contribution in [-0.2, 0) is 25.5 Å². The zero-order valence-corrected chi connectivity index (χ0v) is 30.8. The van der Waals surface area contributed by atoms with Gasteiger partial charge in [0.15, 0.2) is 0 Å². The SMILES string of the molecule is CCC(CNC12CCC[C@@H]1C1CCC3C(CCC4C(C)C(OC(=O)C5CC(C(=O)O)C5(C)C)CCC43C)C1CC2)N1CC[S+]([O-])CC1. The molecule has 6 aliphatic carbocycles. The molecular formula is C39H64N2O5S. The second-order valence-corrected chi connectivity index (χ2v) is 20.0. The maximum Gasteiger partial charge on any atom is 0.309 e. The normalized spacial score (nSPS) is 47.0. The van der Waals surface area contributed by atoms with Gasteiger partial charge in [-0.05, 0) is 129 Å². The molecular weight excluding hydrogens is 609 g/mol. The average Bonchev–Trinajstić information content (AvgIpc) is 3.47. The molecule has 12 unspecified atom stereocenters. The van der Waals surface area contributed by atoms with E-state index < -0.39 is 28.5 Å². The van der Waals surface area contributed by atoms with Gasteiger partial charge in [0, 0.05) is 31.2 Å². The summed E-state index contributed by atoms with van der Waals surface area (Å²) in [5, 5.41) is 13.8. The fourth-order valence-electron chi connectivity index (χ4n) is 13.5. The summed E-state index contributed by atoms with van der Waals surface area (Å²) in [6, 6.07) is 0.560. The summed E-state index contributed by atoms with van der Waals surface area (Å²) in [7, 11) is 0. The summed E-state index contributed by atoms with van der Waals surface area (Å²) < 4.78 is 18.3. The number of carbonyl (C=O) groups excluding carboxylic acids is 1. The molecule has 1 aliphatic heterocycles. The van der Waals surface area contributed by atoms with E-state index in [1.807, 2.05) is 13.8 Å². The van der Waals surface area contributed by atoms with Gasteiger partial charge in [0.1, 0.15) is 17.6 Å². The number of hydrogen-bond donors (Lipinski definition) is 2. The van der Waals surface area contributed by atoms with Gasteiger partial charge in [0.25, 0.3) is 0 Å². The maximum absolute atomic E-state index is 13.3. The summed E-state index contributed by atoms with van der Waals surface area (Å²) in [6.45, 7) is 14.2. The molecule has 7 fully saturated rings. The molecule has 0 amide bonds. The molecule has 0 spiro atoms. The van der Waals surface area contributed by atoms with E-state index in [0.717, 1.165) is 80.0 Å². The van der Waals surface area contributed by atoms with Crippen molar-refractivity contribution in [2.24, 2.45) is 64.1 Å². The number of nitrogens with zero attached hydrogens (tertiary/aromatic N) is 1. The molecule has 8 heteroatoms. The van der Waals surface area contributed by atoms with Gasteiger partial charge >= 0.3 is 11.9 Å². The van der Waals surface area contributed by atoms with Gasteiger partial charge in [-0.1, -0.05) is 52.2 Å². The predicted octanol–water partition coefficient (Wildman–Crippen LogP) is 6.52. The van der Waals surface area contributed by atoms with Gasteiger partial charge < -0.3 is 19.7 Å². The van der Waals surface area contributed by atoms with Gasteiger partial charge in [-0.2, -0.15) is 0 Å². The molecule has 7 aliphatic rings. The number of hydrogen-bond acceptors (Lipinski definition) is 6. The number of fused-ring (bicyclic) bond motifs is 7. The van der Waals surface area contributed by atoms with E-state index in [1.165, 1.54) is 57.8 Å². The lowest BCUT2D eigenvalue weighted by atomic mass is 9.43. The lowest BCUT2D eigenvalue weighted by molar-refractivity contribution is -0.192. The second kappa shape index (κ2) is 13.1. The molecule has 0 bridgehead atoms. The standard InChI is InChI=1S/C39H64N2O5S/c1-6-25(41-18-20-47(45)21-19-41)23-40-39-15-7-8-31(39)28-10-12-30-27(26(28)13-17-39)9-11-29-24(2)34(14-16-38(29,30)5)46-36(44)33-22-32(35(42)43)37(33,3)4/h24-34,40H,6-23H2,1-5H3,(H,42,43)/t24?,25?,26?,27?,28?,29?,30?,31-,32?,33?,34?,38?,39?/m1/s1. The van der Waals surface area contributed by atoms with Crippen LogP contribution in [0.5, 0.6) is 0 Å². The fourth-order valence-corrected chi connectivity index (χ4v) is 14.6. The monoisotopic (exact) mass is 672 g/mol. The van der Waals surface area contributed by atoms with E-state index >= 15 is 0 Å². The minimum atomic E-state index is -0.793. The fraction of sp³-hybridized carbons (Fsp3) is 0.949. The molecule has 13 atom stereocenters. The summed E-state index contributed by atoms with van der Waals surface area (Å²) >= 11 is -0.617. The number of nitrogens with one attached hydrogen (secondary N) is 1. The van der Waals surface area contributed by atoms with Crippen molar-refractivity contribution < 1.29 is 24.0 Å². The van der Waals surface area contributed by atoms with E-state index in [1.54, 1.807) is 0 Å². The molecule has 266 valence electrons. The van der Waals surface area contributed by atoms with Crippen molar-refractivity contribution >= 4 is 23.1 Å². The second-order valence-electron chi connectivity index (χ2n) is 18.3. The number of esters is 1. The van der Waals surface area contributed by atoms with Crippen LogP contribution in [0.3, 0.4) is 0 Å². The summed E-state index contributed by atoms with van der Waals surface area (Å²) in [5.74, 6) is 5.14. The number of carboxylic acid groups (broad SMARTS) is 1. The Morgan fingerprint density at radius 3 is 2.30 bits per heavy atom. The lowest BCUT2D eigenvalue weighted by Gasteiger charge is -2.63. The molecule has 1 heterocycles. The van der Waals surface area contributed by atoms with Gasteiger partial charge in [-0.15, -0.1) is 0 Å². The Bertz CT molecular complexity index is 1170. The molecule has 7 rings (SSSR count). The smallest absolute Gasteiger partial charge is 0.309 e. The molecule has 6 saturated carbocycles. The number of carbonyl (C=O) groups is 2. The van der Waals surface area contributed by atoms with Crippen molar-refractivity contribution in [1.29, 1.82) is 0 Å².